The number of nitrogens with one attached hydrogen (secondary N) is 2. The Bertz CT molecular complexity index is 819. The number of carbonyl (C=O) groups excluding carboxylic acids is 3. The predicted octanol–water partition coefficient (Wildman–Crippen LogP) is 2.79. The van der Waals surface area contributed by atoms with Crippen LogP contribution in [0.15, 0.2) is 48.5 Å². The summed E-state index contributed by atoms with van der Waals surface area (Å²) in [4.78, 5) is 37.6. The van der Waals surface area contributed by atoms with E-state index in [1.807, 2.05) is 12.1 Å². The van der Waals surface area contributed by atoms with Gasteiger partial charge in [0.2, 0.25) is 11.8 Å². The number of hydrogen-bond donors (Lipinski definition) is 2. The maximum absolute atomic E-state index is 12.2. The van der Waals surface area contributed by atoms with Gasteiger partial charge in [0, 0.05) is 33.5 Å². The SMILES string of the molecule is O=C(CNC(=O)c1ccc(N2CCCC2=O)cc1)Nc1ccc(I)cc1. The second-order valence-electron chi connectivity index (χ2n) is 5.93. The fraction of sp³-hybridized carbons (Fsp3) is 0.211. The van der Waals surface area contributed by atoms with Gasteiger partial charge in [0.05, 0.1) is 6.54 Å². The molecule has 26 heavy (non-hydrogen) atoms. The summed E-state index contributed by atoms with van der Waals surface area (Å²) in [7, 11) is 0. The normalized spacial score (nSPS) is 13.6. The molecule has 0 unspecified atom stereocenters. The van der Waals surface area contributed by atoms with Gasteiger partial charge in [-0.25, -0.2) is 0 Å². The molecule has 1 fully saturated rings. The van der Waals surface area contributed by atoms with E-state index in [1.165, 1.54) is 0 Å². The molecular formula is C19H18IN3O3. The molecule has 6 nitrogen and oxygen atoms in total. The third-order valence-corrected chi connectivity index (χ3v) is 4.77. The topological polar surface area (TPSA) is 78.5 Å². The fourth-order valence-corrected chi connectivity index (χ4v) is 3.07. The van der Waals surface area contributed by atoms with E-state index >= 15 is 0 Å². The Labute approximate surface area is 165 Å². The average Bonchev–Trinajstić information content (AvgIpc) is 3.08. The van der Waals surface area contributed by atoms with Gasteiger partial charge in [0.25, 0.3) is 5.91 Å². The molecule has 3 rings (SSSR count). The molecule has 1 aliphatic rings. The molecule has 1 saturated heterocycles. The number of nitrogens with zero attached hydrogens (tertiary/aromatic N) is 1. The highest BCUT2D eigenvalue weighted by molar-refractivity contribution is 14.1. The Morgan fingerprint density at radius 1 is 1.04 bits per heavy atom. The molecule has 1 heterocycles. The van der Waals surface area contributed by atoms with Crippen molar-refractivity contribution in [2.24, 2.45) is 0 Å². The fourth-order valence-electron chi connectivity index (χ4n) is 2.71. The Hall–Kier alpha value is -2.42. The zero-order valence-electron chi connectivity index (χ0n) is 14.0. The van der Waals surface area contributed by atoms with E-state index in [0.29, 0.717) is 24.2 Å². The van der Waals surface area contributed by atoms with Crippen molar-refractivity contribution >= 4 is 51.7 Å². The summed E-state index contributed by atoms with van der Waals surface area (Å²) in [5.74, 6) is -0.518. The van der Waals surface area contributed by atoms with Gasteiger partial charge in [-0.3, -0.25) is 14.4 Å². The van der Waals surface area contributed by atoms with E-state index in [0.717, 1.165) is 15.7 Å². The summed E-state index contributed by atoms with van der Waals surface area (Å²) in [6, 6.07) is 14.2. The summed E-state index contributed by atoms with van der Waals surface area (Å²) in [6.45, 7) is 0.597. The third-order valence-electron chi connectivity index (χ3n) is 4.05. The highest BCUT2D eigenvalue weighted by atomic mass is 127. The molecule has 0 radical (unpaired) electrons. The first-order valence-electron chi connectivity index (χ1n) is 8.27. The van der Waals surface area contributed by atoms with E-state index in [4.69, 9.17) is 0 Å². The lowest BCUT2D eigenvalue weighted by Crippen LogP contribution is -2.32. The second-order valence-corrected chi connectivity index (χ2v) is 7.18. The molecule has 0 aliphatic carbocycles. The molecular weight excluding hydrogens is 445 g/mol. The maximum Gasteiger partial charge on any atom is 0.251 e. The van der Waals surface area contributed by atoms with Gasteiger partial charge in [-0.05, 0) is 77.5 Å². The average molecular weight is 463 g/mol. The van der Waals surface area contributed by atoms with Crippen LogP contribution in [0.1, 0.15) is 23.2 Å². The number of benzene rings is 2. The van der Waals surface area contributed by atoms with Crippen molar-refractivity contribution in [3.63, 3.8) is 0 Å². The lowest BCUT2D eigenvalue weighted by Gasteiger charge is -2.15. The standard InChI is InChI=1S/C19H18IN3O3/c20-14-5-7-15(8-6-14)22-17(24)12-21-19(26)13-3-9-16(10-4-13)23-11-1-2-18(23)25/h3-10H,1-2,11-12H2,(H,21,26)(H,22,24). The molecule has 134 valence electrons. The van der Waals surface area contributed by atoms with Crippen LogP contribution in [0.25, 0.3) is 0 Å². The van der Waals surface area contributed by atoms with Crippen LogP contribution in [0.2, 0.25) is 0 Å². The first-order valence-corrected chi connectivity index (χ1v) is 9.35. The van der Waals surface area contributed by atoms with Gasteiger partial charge in [-0.1, -0.05) is 0 Å². The molecule has 0 aromatic heterocycles. The van der Waals surface area contributed by atoms with Crippen LogP contribution in [0.3, 0.4) is 0 Å². The largest absolute Gasteiger partial charge is 0.343 e. The van der Waals surface area contributed by atoms with Gasteiger partial charge >= 0.3 is 0 Å². The van der Waals surface area contributed by atoms with Crippen LogP contribution >= 0.6 is 22.6 Å². The number of carbonyl (C=O) groups is 3. The highest BCUT2D eigenvalue weighted by Gasteiger charge is 2.21. The van der Waals surface area contributed by atoms with Crippen LogP contribution < -0.4 is 15.5 Å². The van der Waals surface area contributed by atoms with Crippen molar-refractivity contribution in [2.45, 2.75) is 12.8 Å². The number of amides is 3. The minimum absolute atomic E-state index is 0.106. The number of hydrogen-bond acceptors (Lipinski definition) is 3. The van der Waals surface area contributed by atoms with E-state index in [-0.39, 0.29) is 24.3 Å². The van der Waals surface area contributed by atoms with E-state index in [9.17, 15) is 14.4 Å². The zero-order valence-corrected chi connectivity index (χ0v) is 16.2. The van der Waals surface area contributed by atoms with E-state index < -0.39 is 0 Å². The molecule has 0 bridgehead atoms. The smallest absolute Gasteiger partial charge is 0.251 e. The van der Waals surface area contributed by atoms with Gasteiger partial charge in [0.1, 0.15) is 0 Å². The monoisotopic (exact) mass is 463 g/mol. The molecule has 0 saturated carbocycles. The maximum atomic E-state index is 12.2. The molecule has 2 N–H and O–H groups in total. The van der Waals surface area contributed by atoms with Gasteiger partial charge in [-0.2, -0.15) is 0 Å². The first kappa shape index (κ1) is 18.4. The summed E-state index contributed by atoms with van der Waals surface area (Å²) in [6.07, 6.45) is 1.43. The van der Waals surface area contributed by atoms with Crippen molar-refractivity contribution in [3.05, 3.63) is 57.7 Å². The van der Waals surface area contributed by atoms with Crippen LogP contribution in [-0.4, -0.2) is 30.8 Å². The van der Waals surface area contributed by atoms with Crippen LogP contribution in [0.4, 0.5) is 11.4 Å². The predicted molar refractivity (Wildman–Crippen MR) is 108 cm³/mol. The zero-order chi connectivity index (χ0) is 18.5. The van der Waals surface area contributed by atoms with E-state index in [2.05, 4.69) is 33.2 Å². The van der Waals surface area contributed by atoms with Crippen molar-refractivity contribution in [1.82, 2.24) is 5.32 Å². The van der Waals surface area contributed by atoms with Crippen molar-refractivity contribution in [2.75, 3.05) is 23.3 Å². The lowest BCUT2D eigenvalue weighted by atomic mass is 10.2. The first-order chi connectivity index (χ1) is 12.5. The molecule has 0 spiro atoms. The van der Waals surface area contributed by atoms with Crippen molar-refractivity contribution in [3.8, 4) is 0 Å². The summed E-state index contributed by atoms with van der Waals surface area (Å²) in [5, 5.41) is 5.32. The Balaban J connectivity index is 1.52. The van der Waals surface area contributed by atoms with Gasteiger partial charge in [0.15, 0.2) is 0 Å². The molecule has 0 atom stereocenters. The van der Waals surface area contributed by atoms with Crippen LogP contribution in [0.5, 0.6) is 0 Å². The highest BCUT2D eigenvalue weighted by Crippen LogP contribution is 2.21. The Morgan fingerprint density at radius 3 is 2.35 bits per heavy atom. The quantitative estimate of drug-likeness (QED) is 0.670. The van der Waals surface area contributed by atoms with Crippen molar-refractivity contribution in [1.29, 1.82) is 0 Å². The second kappa shape index (κ2) is 8.31. The molecule has 1 aliphatic heterocycles. The molecule has 3 amide bonds. The number of rotatable bonds is 5. The minimum Gasteiger partial charge on any atom is -0.343 e. The third kappa shape index (κ3) is 4.60. The van der Waals surface area contributed by atoms with Gasteiger partial charge in [-0.15, -0.1) is 0 Å². The van der Waals surface area contributed by atoms with E-state index in [1.54, 1.807) is 41.3 Å². The summed E-state index contributed by atoms with van der Waals surface area (Å²) < 4.78 is 1.08. The minimum atomic E-state index is -0.331. The van der Waals surface area contributed by atoms with Crippen LogP contribution in [-0.2, 0) is 9.59 Å². The molecule has 7 heteroatoms. The Kier molecular flexibility index (Phi) is 5.87. The van der Waals surface area contributed by atoms with Gasteiger partial charge < -0.3 is 15.5 Å². The van der Waals surface area contributed by atoms with Crippen molar-refractivity contribution < 1.29 is 14.4 Å². The number of anilines is 2. The number of halogens is 1. The summed E-state index contributed by atoms with van der Waals surface area (Å²) >= 11 is 2.19. The molecule has 2 aromatic carbocycles. The van der Waals surface area contributed by atoms with Crippen LogP contribution in [0, 0.1) is 3.57 Å². The summed E-state index contributed by atoms with van der Waals surface area (Å²) in [5.41, 5.74) is 1.92. The Morgan fingerprint density at radius 2 is 1.73 bits per heavy atom. The molecule has 2 aromatic rings. The lowest BCUT2D eigenvalue weighted by molar-refractivity contribution is -0.117.